The Morgan fingerprint density at radius 2 is 1.67 bits per heavy atom. The van der Waals surface area contributed by atoms with Crippen molar-refractivity contribution in [1.29, 1.82) is 0 Å². The smallest absolute Gasteiger partial charge is 0.255 e. The highest BCUT2D eigenvalue weighted by Crippen LogP contribution is 2.29. The molecular weight excluding hydrogens is 510 g/mol. The van der Waals surface area contributed by atoms with Gasteiger partial charge >= 0.3 is 0 Å². The number of carbonyl (C=O) groups excluding carboxylic acids is 1. The van der Waals surface area contributed by atoms with Gasteiger partial charge in [-0.3, -0.25) is 4.79 Å². The van der Waals surface area contributed by atoms with Crippen LogP contribution in [0.2, 0.25) is 0 Å². The van der Waals surface area contributed by atoms with Crippen LogP contribution in [-0.4, -0.2) is 28.9 Å². The van der Waals surface area contributed by atoms with Gasteiger partial charge in [0.25, 0.3) is 5.91 Å². The van der Waals surface area contributed by atoms with Gasteiger partial charge in [-0.25, -0.2) is 23.5 Å². The van der Waals surface area contributed by atoms with Gasteiger partial charge in [0, 0.05) is 23.1 Å². The zero-order valence-electron chi connectivity index (χ0n) is 21.8. The van der Waals surface area contributed by atoms with Crippen LogP contribution in [0.4, 0.5) is 5.69 Å². The molecule has 0 bridgehead atoms. The number of pyridine rings is 1. The molecule has 0 saturated heterocycles. The average molecular weight is 540 g/mol. The standard InChI is InChI=1S/C30H29N5O3S/c1-3-9-27-34-28-20(2)25(33-30(36)23-10-5-4-6-11-23)18-32-29(28)35(27)19-21-14-16-22(17-15-21)24-12-7-8-13-26(24)39(31,37)38/h4-8,10-18H,3,9,19H2,1-2H3,(H,33,36)(H2,31,37,38). The number of imidazole rings is 1. The van der Waals surface area contributed by atoms with E-state index in [2.05, 4.69) is 16.8 Å². The average Bonchev–Trinajstić information content (AvgIpc) is 3.28. The van der Waals surface area contributed by atoms with Gasteiger partial charge in [0.05, 0.1) is 23.3 Å². The molecule has 5 aromatic rings. The number of nitrogens with one attached hydrogen (secondary N) is 1. The van der Waals surface area contributed by atoms with Crippen molar-refractivity contribution in [2.24, 2.45) is 5.14 Å². The molecule has 39 heavy (non-hydrogen) atoms. The van der Waals surface area contributed by atoms with Crippen LogP contribution in [0.3, 0.4) is 0 Å². The monoisotopic (exact) mass is 539 g/mol. The highest BCUT2D eigenvalue weighted by atomic mass is 32.2. The Bertz CT molecular complexity index is 1760. The Balaban J connectivity index is 1.46. The number of amides is 1. The summed E-state index contributed by atoms with van der Waals surface area (Å²) in [6, 6.07) is 23.5. The number of rotatable bonds is 8. The van der Waals surface area contributed by atoms with Crippen LogP contribution >= 0.6 is 0 Å². The van der Waals surface area contributed by atoms with Gasteiger partial charge in [-0.1, -0.05) is 67.6 Å². The number of aromatic nitrogens is 3. The van der Waals surface area contributed by atoms with E-state index in [9.17, 15) is 13.2 Å². The number of anilines is 1. The summed E-state index contributed by atoms with van der Waals surface area (Å²) in [5.74, 6) is 0.718. The van der Waals surface area contributed by atoms with Crippen molar-refractivity contribution in [1.82, 2.24) is 14.5 Å². The number of hydrogen-bond donors (Lipinski definition) is 2. The predicted octanol–water partition coefficient (Wildman–Crippen LogP) is 5.31. The molecule has 3 aromatic carbocycles. The topological polar surface area (TPSA) is 120 Å². The lowest BCUT2D eigenvalue weighted by Crippen LogP contribution is -2.13. The lowest BCUT2D eigenvalue weighted by molar-refractivity contribution is 0.102. The lowest BCUT2D eigenvalue weighted by atomic mass is 10.0. The molecule has 9 heteroatoms. The second-order valence-electron chi connectivity index (χ2n) is 9.39. The van der Waals surface area contributed by atoms with Crippen LogP contribution in [0, 0.1) is 6.92 Å². The third kappa shape index (κ3) is 5.45. The zero-order valence-corrected chi connectivity index (χ0v) is 22.6. The number of primary sulfonamides is 1. The van der Waals surface area contributed by atoms with E-state index in [0.717, 1.165) is 46.5 Å². The van der Waals surface area contributed by atoms with Gasteiger partial charge in [-0.15, -0.1) is 0 Å². The third-order valence-corrected chi connectivity index (χ3v) is 7.62. The fraction of sp³-hybridized carbons (Fsp3) is 0.167. The number of hydrogen-bond acceptors (Lipinski definition) is 5. The van der Waals surface area contributed by atoms with Gasteiger partial charge in [-0.2, -0.15) is 0 Å². The van der Waals surface area contributed by atoms with Crippen molar-refractivity contribution in [2.45, 2.75) is 38.1 Å². The highest BCUT2D eigenvalue weighted by molar-refractivity contribution is 7.89. The molecule has 0 aliphatic carbocycles. The number of fused-ring (bicyclic) bond motifs is 1. The highest BCUT2D eigenvalue weighted by Gasteiger charge is 2.18. The van der Waals surface area contributed by atoms with Gasteiger partial charge in [0.15, 0.2) is 5.65 Å². The van der Waals surface area contributed by atoms with Gasteiger partial charge in [0.1, 0.15) is 11.3 Å². The number of sulfonamides is 1. The van der Waals surface area contributed by atoms with Gasteiger partial charge in [0.2, 0.25) is 10.0 Å². The molecule has 0 unspecified atom stereocenters. The van der Waals surface area contributed by atoms with Crippen LogP contribution in [-0.2, 0) is 23.0 Å². The second-order valence-corrected chi connectivity index (χ2v) is 10.9. The first-order valence-electron chi connectivity index (χ1n) is 12.7. The van der Waals surface area contributed by atoms with Crippen LogP contribution in [0.25, 0.3) is 22.3 Å². The van der Waals surface area contributed by atoms with Crippen molar-refractivity contribution >= 4 is 32.8 Å². The molecule has 3 N–H and O–H groups in total. The van der Waals surface area contributed by atoms with Crippen LogP contribution < -0.4 is 10.5 Å². The summed E-state index contributed by atoms with van der Waals surface area (Å²) < 4.78 is 26.2. The van der Waals surface area contributed by atoms with Crippen molar-refractivity contribution < 1.29 is 13.2 Å². The van der Waals surface area contributed by atoms with Crippen LogP contribution in [0.15, 0.2) is 90.0 Å². The summed E-state index contributed by atoms with van der Waals surface area (Å²) in [6.07, 6.45) is 3.38. The van der Waals surface area contributed by atoms with Crippen LogP contribution in [0.5, 0.6) is 0 Å². The molecule has 0 saturated carbocycles. The fourth-order valence-corrected chi connectivity index (χ4v) is 5.40. The summed E-state index contributed by atoms with van der Waals surface area (Å²) in [5.41, 5.74) is 5.90. The van der Waals surface area contributed by atoms with E-state index in [1.54, 1.807) is 36.5 Å². The lowest BCUT2D eigenvalue weighted by Gasteiger charge is -2.12. The Morgan fingerprint density at radius 1 is 0.974 bits per heavy atom. The molecular formula is C30H29N5O3S. The Labute approximate surface area is 227 Å². The molecule has 2 heterocycles. The number of carbonyl (C=O) groups is 1. The third-order valence-electron chi connectivity index (χ3n) is 6.65. The SMILES string of the molecule is CCCc1nc2c(C)c(NC(=O)c3ccccc3)cnc2n1Cc1ccc(-c2ccccc2S(N)(=O)=O)cc1. The van der Waals surface area contributed by atoms with E-state index in [1.807, 2.05) is 49.4 Å². The van der Waals surface area contributed by atoms with E-state index in [1.165, 1.54) is 6.07 Å². The number of nitrogens with two attached hydrogens (primary N) is 1. The number of benzene rings is 3. The molecule has 0 aliphatic heterocycles. The first kappa shape index (κ1) is 26.3. The molecule has 0 aliphatic rings. The summed E-state index contributed by atoms with van der Waals surface area (Å²) >= 11 is 0. The Kier molecular flexibility index (Phi) is 7.28. The molecule has 0 fully saturated rings. The quantitative estimate of drug-likeness (QED) is 0.277. The maximum Gasteiger partial charge on any atom is 0.255 e. The maximum absolute atomic E-state index is 12.7. The molecule has 1 amide bonds. The molecule has 0 radical (unpaired) electrons. The predicted molar refractivity (Wildman–Crippen MR) is 153 cm³/mol. The van der Waals surface area contributed by atoms with E-state index in [0.29, 0.717) is 23.4 Å². The molecule has 0 spiro atoms. The van der Waals surface area contributed by atoms with E-state index in [4.69, 9.17) is 15.1 Å². The van der Waals surface area contributed by atoms with Crippen LogP contribution in [0.1, 0.15) is 40.7 Å². The molecule has 198 valence electrons. The second kappa shape index (κ2) is 10.8. The normalized spacial score (nSPS) is 11.6. The van der Waals surface area contributed by atoms with Gasteiger partial charge < -0.3 is 9.88 Å². The van der Waals surface area contributed by atoms with Crippen molar-refractivity contribution in [3.8, 4) is 11.1 Å². The fourth-order valence-electron chi connectivity index (χ4n) is 4.64. The van der Waals surface area contributed by atoms with Crippen molar-refractivity contribution in [2.75, 3.05) is 5.32 Å². The first-order valence-corrected chi connectivity index (χ1v) is 14.2. The minimum atomic E-state index is -3.85. The summed E-state index contributed by atoms with van der Waals surface area (Å²) in [5, 5.41) is 8.39. The molecule has 0 atom stereocenters. The molecule has 2 aromatic heterocycles. The summed E-state index contributed by atoms with van der Waals surface area (Å²) in [7, 11) is -3.85. The number of aryl methyl sites for hydroxylation is 2. The Hall–Kier alpha value is -4.34. The van der Waals surface area contributed by atoms with Crippen molar-refractivity contribution in [3.63, 3.8) is 0 Å². The molecule has 8 nitrogen and oxygen atoms in total. The number of nitrogens with zero attached hydrogens (tertiary/aromatic N) is 3. The summed E-state index contributed by atoms with van der Waals surface area (Å²) in [4.78, 5) is 22.4. The van der Waals surface area contributed by atoms with E-state index in [-0.39, 0.29) is 10.8 Å². The zero-order chi connectivity index (χ0) is 27.6. The summed E-state index contributed by atoms with van der Waals surface area (Å²) in [6.45, 7) is 4.59. The largest absolute Gasteiger partial charge is 0.320 e. The van der Waals surface area contributed by atoms with E-state index < -0.39 is 10.0 Å². The minimum Gasteiger partial charge on any atom is -0.320 e. The minimum absolute atomic E-state index is 0.0958. The molecule has 5 rings (SSSR count). The first-order chi connectivity index (χ1) is 18.8. The van der Waals surface area contributed by atoms with E-state index >= 15 is 0 Å². The van der Waals surface area contributed by atoms with Gasteiger partial charge in [-0.05, 0) is 42.7 Å². The van der Waals surface area contributed by atoms with Crippen molar-refractivity contribution in [3.05, 3.63) is 108 Å². The Morgan fingerprint density at radius 3 is 2.36 bits per heavy atom. The maximum atomic E-state index is 12.7.